The van der Waals surface area contributed by atoms with Gasteiger partial charge in [-0.3, -0.25) is 4.79 Å². The van der Waals surface area contributed by atoms with E-state index in [2.05, 4.69) is 10.5 Å². The fourth-order valence-corrected chi connectivity index (χ4v) is 2.82. The fourth-order valence-electron chi connectivity index (χ4n) is 2.82. The molecule has 6 heteroatoms. The molecule has 1 N–H and O–H groups in total. The summed E-state index contributed by atoms with van der Waals surface area (Å²) in [5, 5.41) is 6.56. The number of nitrogens with one attached hydrogen (secondary N) is 1. The van der Waals surface area contributed by atoms with Gasteiger partial charge in [0.25, 0.3) is 0 Å². The molecule has 1 fully saturated rings. The maximum atomic E-state index is 13.9. The van der Waals surface area contributed by atoms with E-state index < -0.39 is 17.0 Å². The van der Waals surface area contributed by atoms with Crippen molar-refractivity contribution >= 4 is 11.6 Å². The fraction of sp³-hybridized carbons (Fsp3) is 0.158. The predicted octanol–water partition coefficient (Wildman–Crippen LogP) is 4.29. The molecule has 3 aromatic rings. The molecule has 0 aliphatic heterocycles. The van der Waals surface area contributed by atoms with Crippen LogP contribution in [0, 0.1) is 11.6 Å². The lowest BCUT2D eigenvalue weighted by molar-refractivity contribution is -0.118. The second-order valence-electron chi connectivity index (χ2n) is 6.07. The molecule has 4 rings (SSSR count). The normalized spacial score (nSPS) is 15.0. The number of carbonyl (C=O) groups excluding carboxylic acids is 1. The first-order valence-electron chi connectivity index (χ1n) is 7.88. The zero-order valence-corrected chi connectivity index (χ0v) is 13.1. The van der Waals surface area contributed by atoms with Crippen LogP contribution >= 0.6 is 0 Å². The highest BCUT2D eigenvalue weighted by Gasteiger charge is 2.54. The predicted molar refractivity (Wildman–Crippen MR) is 87.8 cm³/mol. The van der Waals surface area contributed by atoms with Crippen LogP contribution in [0.2, 0.25) is 0 Å². The molecule has 1 aliphatic rings. The quantitative estimate of drug-likeness (QED) is 0.771. The van der Waals surface area contributed by atoms with E-state index >= 15 is 0 Å². The van der Waals surface area contributed by atoms with E-state index in [0.29, 0.717) is 18.5 Å². The van der Waals surface area contributed by atoms with Crippen molar-refractivity contribution < 1.29 is 18.1 Å². The van der Waals surface area contributed by atoms with E-state index in [1.54, 1.807) is 36.4 Å². The molecule has 0 bridgehead atoms. The molecule has 1 amide bonds. The highest BCUT2D eigenvalue weighted by atomic mass is 19.1. The maximum Gasteiger partial charge on any atom is 0.236 e. The Morgan fingerprint density at radius 2 is 1.72 bits per heavy atom. The van der Waals surface area contributed by atoms with Crippen molar-refractivity contribution in [3.63, 3.8) is 0 Å². The topological polar surface area (TPSA) is 55.1 Å². The van der Waals surface area contributed by atoms with Gasteiger partial charge in [0.2, 0.25) is 5.91 Å². The number of hydrogen-bond donors (Lipinski definition) is 1. The van der Waals surface area contributed by atoms with Crippen molar-refractivity contribution in [3.05, 3.63) is 71.9 Å². The monoisotopic (exact) mass is 340 g/mol. The van der Waals surface area contributed by atoms with Crippen LogP contribution in [-0.2, 0) is 10.2 Å². The molecule has 126 valence electrons. The third kappa shape index (κ3) is 2.69. The molecular weight excluding hydrogens is 326 g/mol. The summed E-state index contributed by atoms with van der Waals surface area (Å²) in [6, 6.07) is 13.7. The minimum Gasteiger partial charge on any atom is -0.356 e. The lowest BCUT2D eigenvalue weighted by atomic mass is 10.00. The number of amides is 1. The average molecular weight is 340 g/mol. The summed E-state index contributed by atoms with van der Waals surface area (Å²) in [5.74, 6) is -1.01. The number of hydrogen-bond acceptors (Lipinski definition) is 3. The molecule has 4 nitrogen and oxygen atoms in total. The summed E-state index contributed by atoms with van der Waals surface area (Å²) in [6.45, 7) is 0. The van der Waals surface area contributed by atoms with Crippen LogP contribution in [0.15, 0.2) is 59.1 Å². The van der Waals surface area contributed by atoms with Crippen LogP contribution < -0.4 is 5.32 Å². The molecule has 2 aromatic carbocycles. The summed E-state index contributed by atoms with van der Waals surface area (Å²) in [5.41, 5.74) is -0.0160. The van der Waals surface area contributed by atoms with Gasteiger partial charge >= 0.3 is 0 Å². The van der Waals surface area contributed by atoms with E-state index in [9.17, 15) is 13.6 Å². The summed E-state index contributed by atoms with van der Waals surface area (Å²) in [4.78, 5) is 12.6. The first-order valence-corrected chi connectivity index (χ1v) is 7.88. The van der Waals surface area contributed by atoms with Crippen molar-refractivity contribution in [2.75, 3.05) is 5.32 Å². The van der Waals surface area contributed by atoms with Gasteiger partial charge in [0.15, 0.2) is 5.76 Å². The highest BCUT2D eigenvalue weighted by Crippen LogP contribution is 2.49. The highest BCUT2D eigenvalue weighted by molar-refractivity contribution is 6.01. The van der Waals surface area contributed by atoms with E-state index in [1.165, 1.54) is 18.2 Å². The molecule has 1 aromatic heterocycles. The second kappa shape index (κ2) is 5.81. The molecule has 25 heavy (non-hydrogen) atoms. The zero-order valence-electron chi connectivity index (χ0n) is 13.1. The molecule has 0 unspecified atom stereocenters. The molecule has 0 spiro atoms. The average Bonchev–Trinajstić information content (AvgIpc) is 3.28. The maximum absolute atomic E-state index is 13.9. The van der Waals surface area contributed by atoms with Crippen LogP contribution in [0.4, 0.5) is 14.5 Å². The number of nitrogens with zero attached hydrogens (tertiary/aromatic N) is 1. The van der Waals surface area contributed by atoms with Gasteiger partial charge in [-0.15, -0.1) is 0 Å². The van der Waals surface area contributed by atoms with Crippen molar-refractivity contribution in [1.82, 2.24) is 5.16 Å². The standard InChI is InChI=1S/C19H14F2N2O2/c20-13-6-2-1-5-12(13)16-11-17(23-25-16)19(9-10-19)18(24)22-15-8-4-3-7-14(15)21/h1-8,11H,9-10H2,(H,22,24). The van der Waals surface area contributed by atoms with Crippen molar-refractivity contribution in [2.24, 2.45) is 0 Å². The number of halogens is 2. The van der Waals surface area contributed by atoms with Gasteiger partial charge in [-0.2, -0.15) is 0 Å². The van der Waals surface area contributed by atoms with Crippen LogP contribution in [0.25, 0.3) is 11.3 Å². The Labute approximate surface area is 142 Å². The van der Waals surface area contributed by atoms with Gasteiger partial charge in [-0.05, 0) is 37.1 Å². The van der Waals surface area contributed by atoms with Crippen LogP contribution in [0.5, 0.6) is 0 Å². The Hall–Kier alpha value is -3.02. The lowest BCUT2D eigenvalue weighted by Crippen LogP contribution is -2.28. The molecule has 0 radical (unpaired) electrons. The summed E-state index contributed by atoms with van der Waals surface area (Å²) in [7, 11) is 0. The van der Waals surface area contributed by atoms with Gasteiger partial charge in [0.05, 0.1) is 22.4 Å². The minimum absolute atomic E-state index is 0.122. The van der Waals surface area contributed by atoms with Crippen molar-refractivity contribution in [2.45, 2.75) is 18.3 Å². The van der Waals surface area contributed by atoms with Gasteiger partial charge in [-0.1, -0.05) is 29.4 Å². The van der Waals surface area contributed by atoms with Crippen LogP contribution in [0.1, 0.15) is 18.5 Å². The first kappa shape index (κ1) is 15.5. The third-order valence-electron chi connectivity index (χ3n) is 4.45. The Bertz CT molecular complexity index is 948. The van der Waals surface area contributed by atoms with E-state index in [4.69, 9.17) is 4.52 Å². The van der Waals surface area contributed by atoms with Gasteiger partial charge in [-0.25, -0.2) is 8.78 Å². The van der Waals surface area contributed by atoms with Crippen LogP contribution in [0.3, 0.4) is 0 Å². The third-order valence-corrected chi connectivity index (χ3v) is 4.45. The molecule has 0 saturated heterocycles. The molecule has 1 heterocycles. The van der Waals surface area contributed by atoms with E-state index in [1.807, 2.05) is 0 Å². The number of rotatable bonds is 4. The molecule has 1 aliphatic carbocycles. The van der Waals surface area contributed by atoms with Crippen molar-refractivity contribution in [1.29, 1.82) is 0 Å². The Morgan fingerprint density at radius 3 is 2.40 bits per heavy atom. The van der Waals surface area contributed by atoms with Gasteiger partial charge in [0, 0.05) is 6.07 Å². The van der Waals surface area contributed by atoms with E-state index in [0.717, 1.165) is 0 Å². The summed E-state index contributed by atoms with van der Waals surface area (Å²) in [6.07, 6.45) is 1.16. The van der Waals surface area contributed by atoms with Gasteiger partial charge < -0.3 is 9.84 Å². The second-order valence-corrected chi connectivity index (χ2v) is 6.07. The Kier molecular flexibility index (Phi) is 3.60. The lowest BCUT2D eigenvalue weighted by Gasteiger charge is -2.12. The number of benzene rings is 2. The van der Waals surface area contributed by atoms with Crippen LogP contribution in [-0.4, -0.2) is 11.1 Å². The number of para-hydroxylation sites is 1. The van der Waals surface area contributed by atoms with E-state index in [-0.39, 0.29) is 22.9 Å². The Morgan fingerprint density at radius 1 is 1.04 bits per heavy atom. The largest absolute Gasteiger partial charge is 0.356 e. The number of anilines is 1. The van der Waals surface area contributed by atoms with Crippen molar-refractivity contribution in [3.8, 4) is 11.3 Å². The number of carbonyl (C=O) groups is 1. The van der Waals surface area contributed by atoms with Gasteiger partial charge in [0.1, 0.15) is 11.6 Å². The SMILES string of the molecule is O=C(Nc1ccccc1F)C1(c2cc(-c3ccccc3F)on2)CC1. The minimum atomic E-state index is -0.852. The zero-order chi connectivity index (χ0) is 17.4. The summed E-state index contributed by atoms with van der Waals surface area (Å²) >= 11 is 0. The molecular formula is C19H14F2N2O2. The first-order chi connectivity index (χ1) is 12.1. The molecule has 0 atom stereocenters. The Balaban J connectivity index is 1.61. The number of aromatic nitrogens is 1. The smallest absolute Gasteiger partial charge is 0.236 e. The molecule has 1 saturated carbocycles. The summed E-state index contributed by atoms with van der Waals surface area (Å²) < 4.78 is 32.9.